The third-order valence-corrected chi connectivity index (χ3v) is 3.97. The lowest BCUT2D eigenvalue weighted by Crippen LogP contribution is -2.18. The molecule has 0 saturated heterocycles. The second-order valence-electron chi connectivity index (χ2n) is 4.40. The molecule has 0 saturated carbocycles. The number of benzene rings is 2. The van der Waals surface area contributed by atoms with Gasteiger partial charge < -0.3 is 5.32 Å². The predicted molar refractivity (Wildman–Crippen MR) is 76.1 cm³/mol. The highest BCUT2D eigenvalue weighted by atomic mass is 79.9. The van der Waals surface area contributed by atoms with Gasteiger partial charge in [-0.15, -0.1) is 0 Å². The largest absolute Gasteiger partial charge is 0.309 e. The minimum absolute atomic E-state index is 0.165. The first kappa shape index (κ1) is 14.2. The average Bonchev–Trinajstić information content (AvgIpc) is 2.39. The first-order valence-electron chi connectivity index (χ1n) is 5.91. The summed E-state index contributed by atoms with van der Waals surface area (Å²) in [5, 5.41) is 3.12. The molecule has 0 aliphatic carbocycles. The molecule has 0 bridgehead atoms. The molecular formula is C15H14BrF2N. The Balaban J connectivity index is 2.43. The lowest BCUT2D eigenvalue weighted by Gasteiger charge is -2.18. The van der Waals surface area contributed by atoms with Crippen LogP contribution >= 0.6 is 15.9 Å². The second kappa shape index (κ2) is 5.80. The van der Waals surface area contributed by atoms with Crippen LogP contribution in [0.1, 0.15) is 22.7 Å². The highest BCUT2D eigenvalue weighted by Crippen LogP contribution is 2.26. The van der Waals surface area contributed by atoms with Crippen molar-refractivity contribution in [2.45, 2.75) is 13.0 Å². The van der Waals surface area contributed by atoms with E-state index in [0.29, 0.717) is 5.56 Å². The summed E-state index contributed by atoms with van der Waals surface area (Å²) < 4.78 is 27.3. The summed E-state index contributed by atoms with van der Waals surface area (Å²) in [6, 6.07) is 9.74. The molecule has 0 aromatic heterocycles. The lowest BCUT2D eigenvalue weighted by atomic mass is 9.97. The smallest absolute Gasteiger partial charge is 0.159 e. The van der Waals surface area contributed by atoms with Crippen molar-refractivity contribution < 1.29 is 8.78 Å². The van der Waals surface area contributed by atoms with Crippen LogP contribution < -0.4 is 5.32 Å². The second-order valence-corrected chi connectivity index (χ2v) is 5.26. The van der Waals surface area contributed by atoms with Gasteiger partial charge in [0.05, 0.1) is 6.04 Å². The average molecular weight is 326 g/mol. The van der Waals surface area contributed by atoms with Gasteiger partial charge in [0.15, 0.2) is 11.6 Å². The van der Waals surface area contributed by atoms with Crippen LogP contribution in [0.15, 0.2) is 40.9 Å². The van der Waals surface area contributed by atoms with E-state index in [1.54, 1.807) is 13.1 Å². The predicted octanol–water partition coefficient (Wildman–Crippen LogP) is 4.34. The summed E-state index contributed by atoms with van der Waals surface area (Å²) in [7, 11) is 1.79. The van der Waals surface area contributed by atoms with Crippen molar-refractivity contribution in [2.75, 3.05) is 7.05 Å². The van der Waals surface area contributed by atoms with Crippen LogP contribution in [-0.2, 0) is 0 Å². The van der Waals surface area contributed by atoms with Gasteiger partial charge in [0.1, 0.15) is 0 Å². The summed E-state index contributed by atoms with van der Waals surface area (Å²) in [5.41, 5.74) is 2.80. The zero-order chi connectivity index (χ0) is 14.0. The van der Waals surface area contributed by atoms with Crippen molar-refractivity contribution in [3.8, 4) is 0 Å². The third kappa shape index (κ3) is 3.01. The molecule has 0 fully saturated rings. The third-order valence-electron chi connectivity index (χ3n) is 3.08. The summed E-state index contributed by atoms with van der Waals surface area (Å²) in [6.07, 6.45) is 0. The molecule has 19 heavy (non-hydrogen) atoms. The monoisotopic (exact) mass is 325 g/mol. The molecule has 0 radical (unpaired) electrons. The fourth-order valence-electron chi connectivity index (χ4n) is 2.07. The van der Waals surface area contributed by atoms with Gasteiger partial charge in [-0.1, -0.05) is 34.1 Å². The summed E-state index contributed by atoms with van der Waals surface area (Å²) in [4.78, 5) is 0. The zero-order valence-corrected chi connectivity index (χ0v) is 12.3. The molecule has 0 aliphatic rings. The molecule has 100 valence electrons. The molecule has 0 aliphatic heterocycles. The van der Waals surface area contributed by atoms with Crippen LogP contribution in [0.25, 0.3) is 0 Å². The van der Waals surface area contributed by atoms with E-state index in [2.05, 4.69) is 21.2 Å². The van der Waals surface area contributed by atoms with Crippen molar-refractivity contribution in [3.05, 3.63) is 69.2 Å². The van der Waals surface area contributed by atoms with E-state index in [1.807, 2.05) is 25.1 Å². The van der Waals surface area contributed by atoms with Gasteiger partial charge in [-0.05, 0) is 48.9 Å². The molecule has 0 amide bonds. The van der Waals surface area contributed by atoms with Gasteiger partial charge in [0.25, 0.3) is 0 Å². The number of halogens is 3. The number of aryl methyl sites for hydroxylation is 1. The van der Waals surface area contributed by atoms with Crippen LogP contribution in [0.3, 0.4) is 0 Å². The number of nitrogens with one attached hydrogen (secondary N) is 1. The summed E-state index contributed by atoms with van der Waals surface area (Å²) >= 11 is 3.45. The van der Waals surface area contributed by atoms with Crippen LogP contribution in [0.4, 0.5) is 8.78 Å². The maximum atomic E-state index is 13.3. The van der Waals surface area contributed by atoms with Crippen molar-refractivity contribution >= 4 is 15.9 Å². The molecule has 1 nitrogen and oxygen atoms in total. The molecular weight excluding hydrogens is 312 g/mol. The lowest BCUT2D eigenvalue weighted by molar-refractivity contribution is 0.505. The molecule has 2 aromatic rings. The normalized spacial score (nSPS) is 12.5. The van der Waals surface area contributed by atoms with Gasteiger partial charge in [-0.2, -0.15) is 0 Å². The summed E-state index contributed by atoms with van der Waals surface area (Å²) in [5.74, 6) is -1.66. The van der Waals surface area contributed by atoms with E-state index in [9.17, 15) is 8.78 Å². The number of hydrogen-bond donors (Lipinski definition) is 1. The fourth-order valence-corrected chi connectivity index (χ4v) is 2.31. The Kier molecular flexibility index (Phi) is 4.32. The van der Waals surface area contributed by atoms with Gasteiger partial charge >= 0.3 is 0 Å². The summed E-state index contributed by atoms with van der Waals surface area (Å²) in [6.45, 7) is 1.99. The van der Waals surface area contributed by atoms with Gasteiger partial charge in [0.2, 0.25) is 0 Å². The van der Waals surface area contributed by atoms with Crippen LogP contribution in [0.2, 0.25) is 0 Å². The molecule has 1 unspecified atom stereocenters. The van der Waals surface area contributed by atoms with E-state index < -0.39 is 11.6 Å². The topological polar surface area (TPSA) is 12.0 Å². The molecule has 1 atom stereocenters. The minimum Gasteiger partial charge on any atom is -0.309 e. The van der Waals surface area contributed by atoms with Crippen molar-refractivity contribution in [1.82, 2.24) is 5.32 Å². The van der Waals surface area contributed by atoms with E-state index in [1.165, 1.54) is 6.07 Å². The number of rotatable bonds is 3. The SMILES string of the molecule is CNC(c1ccc(Br)c(C)c1)c1ccc(F)c(F)c1. The quantitative estimate of drug-likeness (QED) is 0.884. The van der Waals surface area contributed by atoms with Crippen LogP contribution in [0, 0.1) is 18.6 Å². The van der Waals surface area contributed by atoms with Crippen LogP contribution in [0.5, 0.6) is 0 Å². The maximum absolute atomic E-state index is 13.3. The molecule has 2 aromatic carbocycles. The molecule has 0 heterocycles. The Bertz CT molecular complexity index is 547. The minimum atomic E-state index is -0.828. The van der Waals surface area contributed by atoms with Crippen LogP contribution in [-0.4, -0.2) is 7.05 Å². The fraction of sp³-hybridized carbons (Fsp3) is 0.200. The zero-order valence-electron chi connectivity index (χ0n) is 10.7. The maximum Gasteiger partial charge on any atom is 0.159 e. The molecule has 0 spiro atoms. The van der Waals surface area contributed by atoms with Crippen molar-refractivity contribution in [3.63, 3.8) is 0 Å². The number of hydrogen-bond acceptors (Lipinski definition) is 1. The van der Waals surface area contributed by atoms with E-state index in [-0.39, 0.29) is 6.04 Å². The Morgan fingerprint density at radius 2 is 1.63 bits per heavy atom. The van der Waals surface area contributed by atoms with Gasteiger partial charge in [-0.25, -0.2) is 8.78 Å². The first-order chi connectivity index (χ1) is 9.02. The highest BCUT2D eigenvalue weighted by Gasteiger charge is 2.14. The Hall–Kier alpha value is -1.26. The molecule has 1 N–H and O–H groups in total. The van der Waals surface area contributed by atoms with Gasteiger partial charge in [-0.3, -0.25) is 0 Å². The Morgan fingerprint density at radius 3 is 2.21 bits per heavy atom. The molecule has 4 heteroatoms. The Labute approximate surface area is 119 Å². The van der Waals surface area contributed by atoms with Crippen molar-refractivity contribution in [2.24, 2.45) is 0 Å². The standard InChI is InChI=1S/C15H14BrF2N/c1-9-7-10(3-5-12(9)16)15(19-2)11-4-6-13(17)14(18)8-11/h3-8,15,19H,1-2H3. The van der Waals surface area contributed by atoms with Crippen molar-refractivity contribution in [1.29, 1.82) is 0 Å². The first-order valence-corrected chi connectivity index (χ1v) is 6.70. The Morgan fingerprint density at radius 1 is 1.00 bits per heavy atom. The van der Waals surface area contributed by atoms with Gasteiger partial charge in [0, 0.05) is 4.47 Å². The van der Waals surface area contributed by atoms with E-state index in [4.69, 9.17) is 0 Å². The van der Waals surface area contributed by atoms with E-state index >= 15 is 0 Å². The highest BCUT2D eigenvalue weighted by molar-refractivity contribution is 9.10. The molecule has 2 rings (SSSR count). The van der Waals surface area contributed by atoms with E-state index in [0.717, 1.165) is 21.7 Å².